The number of pyridine rings is 2. The van der Waals surface area contributed by atoms with E-state index in [9.17, 15) is 9.59 Å². The van der Waals surface area contributed by atoms with Crippen molar-refractivity contribution < 1.29 is 9.59 Å². The number of amides is 2. The Labute approximate surface area is 182 Å². The van der Waals surface area contributed by atoms with Gasteiger partial charge in [-0.1, -0.05) is 19.4 Å². The first kappa shape index (κ1) is 21.1. The molecule has 1 aliphatic carbocycles. The summed E-state index contributed by atoms with van der Waals surface area (Å²) < 4.78 is 0. The number of carbonyl (C=O) groups excluding carboxylic acids is 2. The number of aromatic nitrogens is 2. The number of nitrogens with one attached hydrogen (secondary N) is 1. The first-order valence-corrected chi connectivity index (χ1v) is 10.8. The Hall–Kier alpha value is -3.16. The molecule has 1 aliphatic heterocycles. The molecular weight excluding hydrogens is 392 g/mol. The van der Waals surface area contributed by atoms with Crippen LogP contribution in [0.15, 0.2) is 36.7 Å². The maximum absolute atomic E-state index is 12.9. The maximum atomic E-state index is 12.9. The molecule has 1 atom stereocenters. The summed E-state index contributed by atoms with van der Waals surface area (Å²) in [5, 5.41) is 3.21. The highest BCUT2D eigenvalue weighted by molar-refractivity contribution is 5.94. The van der Waals surface area contributed by atoms with E-state index in [4.69, 9.17) is 5.73 Å². The molecule has 3 heterocycles. The molecule has 31 heavy (non-hydrogen) atoms. The van der Waals surface area contributed by atoms with Crippen molar-refractivity contribution in [1.82, 2.24) is 19.8 Å². The third-order valence-electron chi connectivity index (χ3n) is 6.62. The number of likely N-dealkylation sites (N-methyl/N-ethyl adjacent to an activating group) is 1. The summed E-state index contributed by atoms with van der Waals surface area (Å²) >= 11 is 0. The Kier molecular flexibility index (Phi) is 5.80. The van der Waals surface area contributed by atoms with Crippen LogP contribution >= 0.6 is 0 Å². The van der Waals surface area contributed by atoms with Gasteiger partial charge in [-0.3, -0.25) is 9.59 Å². The van der Waals surface area contributed by atoms with E-state index in [0.717, 1.165) is 31.2 Å². The predicted molar refractivity (Wildman–Crippen MR) is 119 cm³/mol. The zero-order valence-corrected chi connectivity index (χ0v) is 18.2. The summed E-state index contributed by atoms with van der Waals surface area (Å²) in [6, 6.07) is 7.34. The fourth-order valence-electron chi connectivity index (χ4n) is 4.30. The molecule has 2 aromatic rings. The van der Waals surface area contributed by atoms with Crippen LogP contribution in [-0.4, -0.2) is 57.8 Å². The molecule has 0 spiro atoms. The molecule has 0 unspecified atom stereocenters. The molecule has 2 amide bonds. The zero-order valence-electron chi connectivity index (χ0n) is 18.2. The molecule has 3 N–H and O–H groups in total. The van der Waals surface area contributed by atoms with Crippen molar-refractivity contribution in [3.63, 3.8) is 0 Å². The summed E-state index contributed by atoms with van der Waals surface area (Å²) in [6.07, 6.45) is 7.19. The van der Waals surface area contributed by atoms with Gasteiger partial charge >= 0.3 is 0 Å². The Morgan fingerprint density at radius 1 is 1.23 bits per heavy atom. The van der Waals surface area contributed by atoms with E-state index in [1.54, 1.807) is 30.6 Å². The van der Waals surface area contributed by atoms with Crippen molar-refractivity contribution in [2.45, 2.75) is 45.2 Å². The van der Waals surface area contributed by atoms with Crippen LogP contribution in [0.5, 0.6) is 0 Å². The van der Waals surface area contributed by atoms with Gasteiger partial charge in [0, 0.05) is 44.5 Å². The Bertz CT molecular complexity index is 940. The number of nitrogen functional groups attached to an aromatic ring is 1. The fraction of sp³-hybridized carbons (Fsp3) is 0.478. The second-order valence-electron chi connectivity index (χ2n) is 8.90. The molecule has 2 aromatic heterocycles. The number of likely N-dealkylation sites (tertiary alicyclic amines) is 1. The van der Waals surface area contributed by atoms with Crippen molar-refractivity contribution in [2.75, 3.05) is 31.2 Å². The molecule has 0 aromatic carbocycles. The van der Waals surface area contributed by atoms with E-state index in [0.29, 0.717) is 36.8 Å². The third kappa shape index (κ3) is 4.47. The molecule has 164 valence electrons. The third-order valence-corrected chi connectivity index (χ3v) is 6.62. The molecule has 8 heteroatoms. The van der Waals surface area contributed by atoms with Gasteiger partial charge in [-0.15, -0.1) is 0 Å². The molecule has 2 aliphatic rings. The molecular formula is C23H30N6O2. The highest BCUT2D eigenvalue weighted by atomic mass is 16.2. The average Bonchev–Trinajstić information content (AvgIpc) is 3.26. The first-order valence-electron chi connectivity index (χ1n) is 10.8. The van der Waals surface area contributed by atoms with Crippen LogP contribution < -0.4 is 11.1 Å². The Balaban J connectivity index is 1.31. The van der Waals surface area contributed by atoms with E-state index in [2.05, 4.69) is 22.2 Å². The van der Waals surface area contributed by atoms with Gasteiger partial charge in [0.05, 0.1) is 11.6 Å². The van der Waals surface area contributed by atoms with E-state index in [-0.39, 0.29) is 23.3 Å². The van der Waals surface area contributed by atoms with Gasteiger partial charge in [-0.25, -0.2) is 9.97 Å². The second-order valence-corrected chi connectivity index (χ2v) is 8.90. The van der Waals surface area contributed by atoms with Crippen LogP contribution in [0.1, 0.15) is 48.5 Å². The lowest BCUT2D eigenvalue weighted by Crippen LogP contribution is -2.49. The first-order chi connectivity index (χ1) is 14.9. The van der Waals surface area contributed by atoms with Crippen LogP contribution in [0.4, 0.5) is 11.6 Å². The van der Waals surface area contributed by atoms with Gasteiger partial charge < -0.3 is 20.9 Å². The zero-order chi connectivity index (χ0) is 22.0. The predicted octanol–water partition coefficient (Wildman–Crippen LogP) is 2.53. The molecule has 2 fully saturated rings. The molecule has 8 nitrogen and oxygen atoms in total. The van der Waals surface area contributed by atoms with Gasteiger partial charge in [-0.2, -0.15) is 0 Å². The van der Waals surface area contributed by atoms with Crippen molar-refractivity contribution in [3.8, 4) is 0 Å². The van der Waals surface area contributed by atoms with E-state index >= 15 is 0 Å². The molecule has 0 bridgehead atoms. The highest BCUT2D eigenvalue weighted by Gasteiger charge is 2.43. The van der Waals surface area contributed by atoms with Gasteiger partial charge in [0.2, 0.25) is 5.91 Å². The topological polar surface area (TPSA) is 104 Å². The van der Waals surface area contributed by atoms with Crippen molar-refractivity contribution in [3.05, 3.63) is 47.8 Å². The Morgan fingerprint density at radius 2 is 2.03 bits per heavy atom. The van der Waals surface area contributed by atoms with Crippen LogP contribution in [0.25, 0.3) is 0 Å². The minimum absolute atomic E-state index is 0.0417. The van der Waals surface area contributed by atoms with Crippen molar-refractivity contribution in [2.24, 2.45) is 5.41 Å². The lowest BCUT2D eigenvalue weighted by atomic mass is 9.69. The van der Waals surface area contributed by atoms with Gasteiger partial charge in [0.25, 0.3) is 5.91 Å². The van der Waals surface area contributed by atoms with Gasteiger partial charge in [0.1, 0.15) is 11.6 Å². The molecule has 1 saturated carbocycles. The standard InChI is InChI=1S/C23H30N6O2/c1-23(9-3-10-23)22(31)28(2)18-8-11-29(15-18)21(30)17-5-7-20(27-14-17)26-13-16-4-6-19(24)25-12-16/h4-7,12,14,18H,3,8-11,13,15H2,1-2H3,(H2,24,25)(H,26,27)/t18-/m0/s1. The fourth-order valence-corrected chi connectivity index (χ4v) is 4.30. The average molecular weight is 423 g/mol. The van der Waals surface area contributed by atoms with Gasteiger partial charge in [0.15, 0.2) is 0 Å². The number of anilines is 2. The summed E-state index contributed by atoms with van der Waals surface area (Å²) in [4.78, 5) is 37.8. The summed E-state index contributed by atoms with van der Waals surface area (Å²) in [5.41, 5.74) is 6.94. The number of carbonyl (C=O) groups is 2. The quantitative estimate of drug-likeness (QED) is 0.741. The van der Waals surface area contributed by atoms with Crippen LogP contribution in [0, 0.1) is 5.41 Å². The summed E-state index contributed by atoms with van der Waals surface area (Å²) in [5.74, 6) is 1.35. The van der Waals surface area contributed by atoms with E-state index < -0.39 is 0 Å². The number of hydrogen-bond acceptors (Lipinski definition) is 6. The smallest absolute Gasteiger partial charge is 0.255 e. The van der Waals surface area contributed by atoms with E-state index in [1.807, 2.05) is 22.9 Å². The van der Waals surface area contributed by atoms with Crippen LogP contribution in [-0.2, 0) is 11.3 Å². The van der Waals surface area contributed by atoms with Gasteiger partial charge in [-0.05, 0) is 43.0 Å². The van der Waals surface area contributed by atoms with Crippen LogP contribution in [0.2, 0.25) is 0 Å². The highest BCUT2D eigenvalue weighted by Crippen LogP contribution is 2.42. The van der Waals surface area contributed by atoms with Crippen molar-refractivity contribution >= 4 is 23.5 Å². The minimum Gasteiger partial charge on any atom is -0.384 e. The Morgan fingerprint density at radius 3 is 2.65 bits per heavy atom. The number of nitrogens with two attached hydrogens (primary N) is 1. The minimum atomic E-state index is -0.207. The molecule has 1 saturated heterocycles. The largest absolute Gasteiger partial charge is 0.384 e. The SMILES string of the molecule is CN(C(=O)C1(C)CCC1)[C@H]1CCN(C(=O)c2ccc(NCc3ccc(N)nc3)nc2)C1. The summed E-state index contributed by atoms with van der Waals surface area (Å²) in [6.45, 7) is 3.85. The molecule has 4 rings (SSSR count). The molecule has 0 radical (unpaired) electrons. The lowest BCUT2D eigenvalue weighted by Gasteiger charge is -2.41. The number of rotatable bonds is 6. The monoisotopic (exact) mass is 422 g/mol. The van der Waals surface area contributed by atoms with E-state index in [1.165, 1.54) is 0 Å². The van der Waals surface area contributed by atoms with Crippen molar-refractivity contribution in [1.29, 1.82) is 0 Å². The second kappa shape index (κ2) is 8.53. The van der Waals surface area contributed by atoms with Crippen LogP contribution in [0.3, 0.4) is 0 Å². The maximum Gasteiger partial charge on any atom is 0.255 e. The number of hydrogen-bond donors (Lipinski definition) is 2. The summed E-state index contributed by atoms with van der Waals surface area (Å²) in [7, 11) is 1.88. The lowest BCUT2D eigenvalue weighted by molar-refractivity contribution is -0.146. The number of nitrogens with zero attached hydrogens (tertiary/aromatic N) is 4. The normalized spacial score (nSPS) is 19.5.